The van der Waals surface area contributed by atoms with E-state index in [2.05, 4.69) is 44.7 Å². The molecule has 1 heterocycles. The Morgan fingerprint density at radius 2 is 1.83 bits per heavy atom. The summed E-state index contributed by atoms with van der Waals surface area (Å²) < 4.78 is 13.0. The maximum atomic E-state index is 13.0. The molecule has 0 atom stereocenters. The van der Waals surface area contributed by atoms with Crippen molar-refractivity contribution in [1.29, 1.82) is 0 Å². The van der Waals surface area contributed by atoms with Gasteiger partial charge in [-0.25, -0.2) is 9.82 Å². The maximum absolute atomic E-state index is 13.0. The predicted molar refractivity (Wildman–Crippen MR) is 109 cm³/mol. The van der Waals surface area contributed by atoms with E-state index >= 15 is 0 Å². The number of rotatable bonds is 8. The molecule has 29 heavy (non-hydrogen) atoms. The molecule has 0 spiro atoms. The smallest absolute Gasteiger partial charge is 0.263 e. The molecule has 0 aliphatic rings. The summed E-state index contributed by atoms with van der Waals surface area (Å²) in [7, 11) is 0. The number of halogens is 1. The number of carbonyl (C=O) groups is 1. The van der Waals surface area contributed by atoms with Crippen molar-refractivity contribution in [1.82, 2.24) is 25.6 Å². The zero-order chi connectivity index (χ0) is 20.6. The number of nitrogens with zero attached hydrogens (tertiary/aromatic N) is 6. The molecule has 0 saturated heterocycles. The average molecular weight is 395 g/mol. The first-order valence-corrected chi connectivity index (χ1v) is 9.29. The minimum atomic E-state index is -0.385. The predicted octanol–water partition coefficient (Wildman–Crippen LogP) is 2.48. The average Bonchev–Trinajstić information content (AvgIpc) is 3.19. The van der Waals surface area contributed by atoms with E-state index in [4.69, 9.17) is 0 Å². The van der Waals surface area contributed by atoms with Crippen molar-refractivity contribution in [2.24, 2.45) is 5.10 Å². The Balaban J connectivity index is 1.53. The van der Waals surface area contributed by atoms with Gasteiger partial charge in [0.25, 0.3) is 5.91 Å². The van der Waals surface area contributed by atoms with E-state index in [1.807, 2.05) is 24.3 Å². The van der Waals surface area contributed by atoms with Gasteiger partial charge in [-0.05, 0) is 61.0 Å². The summed E-state index contributed by atoms with van der Waals surface area (Å²) in [5.74, 6) is -0.417. The second-order valence-corrected chi connectivity index (χ2v) is 6.21. The highest BCUT2D eigenvalue weighted by atomic mass is 19.1. The molecule has 0 fully saturated rings. The molecular weight excluding hydrogens is 373 g/mol. The molecule has 150 valence electrons. The summed E-state index contributed by atoms with van der Waals surface area (Å²) in [6.07, 6.45) is 1.57. The standard InChI is InChI=1S/C20H22FN7O/c1-3-27(4-2)18-11-5-15(6-12-18)13-22-23-19(29)14-28-25-20(24-26-28)16-7-9-17(21)10-8-16/h5-13H,3-4,14H2,1-2H3,(H,23,29)/b22-13+. The van der Waals surface area contributed by atoms with Gasteiger partial charge in [0.05, 0.1) is 6.21 Å². The first-order valence-electron chi connectivity index (χ1n) is 9.29. The topological polar surface area (TPSA) is 88.3 Å². The number of hydrogen-bond acceptors (Lipinski definition) is 6. The Morgan fingerprint density at radius 1 is 1.14 bits per heavy atom. The monoisotopic (exact) mass is 395 g/mol. The third kappa shape index (κ3) is 5.44. The van der Waals surface area contributed by atoms with E-state index in [9.17, 15) is 9.18 Å². The Kier molecular flexibility index (Phi) is 6.62. The molecule has 0 bridgehead atoms. The number of carbonyl (C=O) groups excluding carboxylic acids is 1. The molecule has 1 N–H and O–H groups in total. The minimum Gasteiger partial charge on any atom is -0.372 e. The fourth-order valence-electron chi connectivity index (χ4n) is 2.73. The Hall–Kier alpha value is -3.62. The highest BCUT2D eigenvalue weighted by Gasteiger charge is 2.09. The molecule has 0 unspecified atom stereocenters. The van der Waals surface area contributed by atoms with E-state index in [0.717, 1.165) is 29.1 Å². The van der Waals surface area contributed by atoms with Gasteiger partial charge in [0.1, 0.15) is 12.4 Å². The van der Waals surface area contributed by atoms with E-state index in [-0.39, 0.29) is 18.3 Å². The largest absolute Gasteiger partial charge is 0.372 e. The number of hydrogen-bond donors (Lipinski definition) is 1. The first kappa shape index (κ1) is 20.1. The van der Waals surface area contributed by atoms with Crippen molar-refractivity contribution in [3.05, 3.63) is 59.9 Å². The zero-order valence-electron chi connectivity index (χ0n) is 16.3. The van der Waals surface area contributed by atoms with Crippen molar-refractivity contribution < 1.29 is 9.18 Å². The van der Waals surface area contributed by atoms with Crippen LogP contribution in [0.5, 0.6) is 0 Å². The van der Waals surface area contributed by atoms with E-state index < -0.39 is 0 Å². The van der Waals surface area contributed by atoms with Crippen molar-refractivity contribution in [2.45, 2.75) is 20.4 Å². The SMILES string of the molecule is CCN(CC)c1ccc(/C=N/NC(=O)Cn2nnc(-c3ccc(F)cc3)n2)cc1. The van der Waals surface area contributed by atoms with Gasteiger partial charge < -0.3 is 4.90 Å². The number of amides is 1. The summed E-state index contributed by atoms with van der Waals surface area (Å²) in [6, 6.07) is 13.6. The fourth-order valence-corrected chi connectivity index (χ4v) is 2.73. The van der Waals surface area contributed by atoms with Crippen LogP contribution in [0, 0.1) is 5.82 Å². The second-order valence-electron chi connectivity index (χ2n) is 6.21. The van der Waals surface area contributed by atoms with Crippen molar-refractivity contribution >= 4 is 17.8 Å². The van der Waals surface area contributed by atoms with Gasteiger partial charge in [-0.3, -0.25) is 4.79 Å². The van der Waals surface area contributed by atoms with Gasteiger partial charge in [0.15, 0.2) is 0 Å². The summed E-state index contributed by atoms with van der Waals surface area (Å²) >= 11 is 0. The minimum absolute atomic E-state index is 0.133. The van der Waals surface area contributed by atoms with Gasteiger partial charge >= 0.3 is 0 Å². The number of hydrazone groups is 1. The van der Waals surface area contributed by atoms with Crippen LogP contribution in [0.15, 0.2) is 53.6 Å². The summed E-state index contributed by atoms with van der Waals surface area (Å²) in [4.78, 5) is 15.4. The third-order valence-electron chi connectivity index (χ3n) is 4.26. The first-order chi connectivity index (χ1) is 14.1. The number of tetrazole rings is 1. The Morgan fingerprint density at radius 3 is 2.48 bits per heavy atom. The second kappa shape index (κ2) is 9.54. The molecule has 0 radical (unpaired) electrons. The molecule has 3 aromatic rings. The number of nitrogens with one attached hydrogen (secondary N) is 1. The summed E-state index contributed by atoms with van der Waals surface area (Å²) in [5, 5.41) is 15.8. The molecule has 3 rings (SSSR count). The lowest BCUT2D eigenvalue weighted by molar-refractivity contribution is -0.122. The lowest BCUT2D eigenvalue weighted by atomic mass is 10.2. The van der Waals surface area contributed by atoms with Crippen LogP contribution in [0.2, 0.25) is 0 Å². The van der Waals surface area contributed by atoms with Crippen LogP contribution in [0.25, 0.3) is 11.4 Å². The number of aromatic nitrogens is 4. The molecule has 2 aromatic carbocycles. The van der Waals surface area contributed by atoms with Crippen LogP contribution in [-0.2, 0) is 11.3 Å². The molecule has 0 aliphatic heterocycles. The molecule has 1 aromatic heterocycles. The van der Waals surface area contributed by atoms with Crippen LogP contribution < -0.4 is 10.3 Å². The zero-order valence-corrected chi connectivity index (χ0v) is 16.3. The van der Waals surface area contributed by atoms with Crippen LogP contribution in [0.4, 0.5) is 10.1 Å². The fraction of sp³-hybridized carbons (Fsp3) is 0.250. The highest BCUT2D eigenvalue weighted by molar-refractivity contribution is 5.82. The van der Waals surface area contributed by atoms with Gasteiger partial charge in [-0.1, -0.05) is 12.1 Å². The van der Waals surface area contributed by atoms with E-state index in [1.165, 1.54) is 12.1 Å². The van der Waals surface area contributed by atoms with E-state index in [0.29, 0.717) is 11.4 Å². The molecule has 1 amide bonds. The Bertz CT molecular complexity index is 963. The quantitative estimate of drug-likeness (QED) is 0.468. The van der Waals surface area contributed by atoms with Crippen molar-refractivity contribution in [3.8, 4) is 11.4 Å². The number of anilines is 1. The van der Waals surface area contributed by atoms with Crippen LogP contribution in [0.3, 0.4) is 0 Å². The molecule has 9 heteroatoms. The van der Waals surface area contributed by atoms with E-state index in [1.54, 1.807) is 18.3 Å². The molecule has 0 aliphatic carbocycles. The Labute approximate surface area is 168 Å². The van der Waals surface area contributed by atoms with Gasteiger partial charge in [-0.2, -0.15) is 9.90 Å². The van der Waals surface area contributed by atoms with Gasteiger partial charge in [0, 0.05) is 24.3 Å². The lowest BCUT2D eigenvalue weighted by Gasteiger charge is -2.20. The van der Waals surface area contributed by atoms with Crippen LogP contribution >= 0.6 is 0 Å². The summed E-state index contributed by atoms with van der Waals surface area (Å²) in [5.41, 5.74) is 5.07. The molecule has 8 nitrogen and oxygen atoms in total. The maximum Gasteiger partial charge on any atom is 0.263 e. The van der Waals surface area contributed by atoms with Crippen molar-refractivity contribution in [3.63, 3.8) is 0 Å². The normalized spacial score (nSPS) is 11.0. The third-order valence-corrected chi connectivity index (χ3v) is 4.26. The number of benzene rings is 2. The lowest BCUT2D eigenvalue weighted by Crippen LogP contribution is -2.24. The highest BCUT2D eigenvalue weighted by Crippen LogP contribution is 2.14. The van der Waals surface area contributed by atoms with Crippen LogP contribution in [-0.4, -0.2) is 45.4 Å². The molecule has 0 saturated carbocycles. The molecular formula is C20H22FN7O. The summed E-state index contributed by atoms with van der Waals surface area (Å²) in [6.45, 7) is 5.98. The van der Waals surface area contributed by atoms with Crippen LogP contribution in [0.1, 0.15) is 19.4 Å². The van der Waals surface area contributed by atoms with Gasteiger partial charge in [0.2, 0.25) is 5.82 Å². The van der Waals surface area contributed by atoms with Crippen molar-refractivity contribution in [2.75, 3.05) is 18.0 Å². The van der Waals surface area contributed by atoms with Gasteiger partial charge in [-0.15, -0.1) is 10.2 Å².